The first-order valence-corrected chi connectivity index (χ1v) is 11.6. The number of hydrogen-bond donors (Lipinski definition) is 1. The van der Waals surface area contributed by atoms with Gasteiger partial charge in [-0.25, -0.2) is 0 Å². The maximum atomic E-state index is 13.2. The van der Waals surface area contributed by atoms with Crippen LogP contribution in [0.1, 0.15) is 56.9 Å². The lowest BCUT2D eigenvalue weighted by Gasteiger charge is -2.28. The van der Waals surface area contributed by atoms with E-state index < -0.39 is 5.41 Å². The summed E-state index contributed by atoms with van der Waals surface area (Å²) in [4.78, 5) is 15.8. The summed E-state index contributed by atoms with van der Waals surface area (Å²) in [6.07, 6.45) is 9.36. The molecule has 4 rings (SSSR count). The van der Waals surface area contributed by atoms with E-state index in [0.717, 1.165) is 49.2 Å². The summed E-state index contributed by atoms with van der Waals surface area (Å²) in [5, 5.41) is 3.16. The molecule has 30 heavy (non-hydrogen) atoms. The minimum Gasteiger partial charge on any atom is -0.492 e. The lowest BCUT2D eigenvalue weighted by molar-refractivity contribution is -0.121. The average molecular weight is 407 g/mol. The van der Waals surface area contributed by atoms with Gasteiger partial charge >= 0.3 is 0 Å². The molecule has 2 aromatic rings. The minimum atomic E-state index is -0.399. The standard InChI is InChI=1S/C26H34N2O2/c29-25(26(16-6-7-17-26)22-10-4-3-5-11-22)27-23-12-14-24(15-13-23)30-21-20-28-18-8-1-2-9-19-28/h3-5,10-15H,1-2,6-9,16-21H2,(H,27,29). The van der Waals surface area contributed by atoms with E-state index in [4.69, 9.17) is 4.74 Å². The molecule has 0 spiro atoms. The van der Waals surface area contributed by atoms with Crippen molar-refractivity contribution < 1.29 is 9.53 Å². The van der Waals surface area contributed by atoms with Gasteiger partial charge in [0.25, 0.3) is 0 Å². The van der Waals surface area contributed by atoms with Crippen LogP contribution in [0.2, 0.25) is 0 Å². The summed E-state index contributed by atoms with van der Waals surface area (Å²) >= 11 is 0. The predicted octanol–water partition coefficient (Wildman–Crippen LogP) is 5.39. The number of amides is 1. The zero-order chi connectivity index (χ0) is 20.7. The average Bonchev–Trinajstić information content (AvgIpc) is 3.15. The van der Waals surface area contributed by atoms with Crippen LogP contribution in [0.4, 0.5) is 5.69 Å². The number of carbonyl (C=O) groups excluding carboxylic acids is 1. The number of anilines is 1. The van der Waals surface area contributed by atoms with Crippen LogP contribution in [0.3, 0.4) is 0 Å². The highest BCUT2D eigenvalue weighted by Crippen LogP contribution is 2.42. The third-order valence-corrected chi connectivity index (χ3v) is 6.71. The molecule has 1 saturated heterocycles. The van der Waals surface area contributed by atoms with Gasteiger partial charge in [-0.15, -0.1) is 0 Å². The van der Waals surface area contributed by atoms with Gasteiger partial charge in [-0.3, -0.25) is 9.69 Å². The van der Waals surface area contributed by atoms with Gasteiger partial charge in [-0.05, 0) is 68.6 Å². The van der Waals surface area contributed by atoms with Crippen LogP contribution < -0.4 is 10.1 Å². The van der Waals surface area contributed by atoms with Crippen LogP contribution in [-0.4, -0.2) is 37.0 Å². The summed E-state index contributed by atoms with van der Waals surface area (Å²) in [7, 11) is 0. The van der Waals surface area contributed by atoms with Crippen molar-refractivity contribution >= 4 is 11.6 Å². The predicted molar refractivity (Wildman–Crippen MR) is 122 cm³/mol. The van der Waals surface area contributed by atoms with Crippen molar-refractivity contribution in [3.8, 4) is 5.75 Å². The van der Waals surface area contributed by atoms with Crippen molar-refractivity contribution in [3.05, 3.63) is 60.2 Å². The van der Waals surface area contributed by atoms with Gasteiger partial charge < -0.3 is 10.1 Å². The first kappa shape index (κ1) is 20.9. The molecule has 160 valence electrons. The van der Waals surface area contributed by atoms with E-state index in [-0.39, 0.29) is 5.91 Å². The normalized spacial score (nSPS) is 19.2. The van der Waals surface area contributed by atoms with E-state index in [1.54, 1.807) is 0 Å². The van der Waals surface area contributed by atoms with Crippen LogP contribution in [0.15, 0.2) is 54.6 Å². The van der Waals surface area contributed by atoms with Crippen molar-refractivity contribution in [1.82, 2.24) is 4.90 Å². The second kappa shape index (κ2) is 10.1. The Labute approximate surface area is 180 Å². The smallest absolute Gasteiger partial charge is 0.235 e. The van der Waals surface area contributed by atoms with E-state index in [9.17, 15) is 4.79 Å². The maximum Gasteiger partial charge on any atom is 0.235 e. The van der Waals surface area contributed by atoms with Crippen LogP contribution >= 0.6 is 0 Å². The number of rotatable bonds is 7. The lowest BCUT2D eigenvalue weighted by Crippen LogP contribution is -2.37. The summed E-state index contributed by atoms with van der Waals surface area (Å²) in [6.45, 7) is 4.08. The number of benzene rings is 2. The van der Waals surface area contributed by atoms with Gasteiger partial charge in [-0.1, -0.05) is 56.0 Å². The van der Waals surface area contributed by atoms with E-state index in [1.807, 2.05) is 42.5 Å². The molecule has 1 heterocycles. The van der Waals surface area contributed by atoms with Crippen LogP contribution in [0, 0.1) is 0 Å². The molecule has 1 aliphatic carbocycles. The third-order valence-electron chi connectivity index (χ3n) is 6.71. The van der Waals surface area contributed by atoms with Gasteiger partial charge in [0, 0.05) is 12.2 Å². The third kappa shape index (κ3) is 5.04. The Morgan fingerprint density at radius 3 is 2.20 bits per heavy atom. The van der Waals surface area contributed by atoms with E-state index in [1.165, 1.54) is 38.8 Å². The molecule has 1 amide bonds. The molecule has 0 bridgehead atoms. The SMILES string of the molecule is O=C(Nc1ccc(OCCN2CCCCCC2)cc1)C1(c2ccccc2)CCCC1. The van der Waals surface area contributed by atoms with E-state index in [0.29, 0.717) is 6.61 Å². The number of ether oxygens (including phenoxy) is 1. The fourth-order valence-corrected chi connectivity index (χ4v) is 4.92. The van der Waals surface area contributed by atoms with E-state index in [2.05, 4.69) is 22.3 Å². The van der Waals surface area contributed by atoms with Gasteiger partial charge in [0.2, 0.25) is 5.91 Å². The Kier molecular flexibility index (Phi) is 7.06. The molecular weight excluding hydrogens is 372 g/mol. The Bertz CT molecular complexity index is 790. The molecule has 0 atom stereocenters. The van der Waals surface area contributed by atoms with Gasteiger partial charge in [0.1, 0.15) is 12.4 Å². The van der Waals surface area contributed by atoms with Crippen molar-refractivity contribution in [1.29, 1.82) is 0 Å². The number of hydrogen-bond acceptors (Lipinski definition) is 3. The maximum absolute atomic E-state index is 13.2. The van der Waals surface area contributed by atoms with Crippen molar-refractivity contribution in [2.24, 2.45) is 0 Å². The molecule has 0 unspecified atom stereocenters. The molecule has 0 aromatic heterocycles. The largest absolute Gasteiger partial charge is 0.492 e. The van der Waals surface area contributed by atoms with Crippen LogP contribution in [-0.2, 0) is 10.2 Å². The fourth-order valence-electron chi connectivity index (χ4n) is 4.92. The molecule has 2 fully saturated rings. The topological polar surface area (TPSA) is 41.6 Å². The highest BCUT2D eigenvalue weighted by atomic mass is 16.5. The molecule has 2 aliphatic rings. The first-order valence-electron chi connectivity index (χ1n) is 11.6. The zero-order valence-electron chi connectivity index (χ0n) is 17.9. The highest BCUT2D eigenvalue weighted by Gasteiger charge is 2.42. The van der Waals surface area contributed by atoms with Crippen molar-refractivity contribution in [3.63, 3.8) is 0 Å². The summed E-state index contributed by atoms with van der Waals surface area (Å²) in [6, 6.07) is 18.1. The number of nitrogens with zero attached hydrogens (tertiary/aromatic N) is 1. The number of nitrogens with one attached hydrogen (secondary N) is 1. The lowest BCUT2D eigenvalue weighted by atomic mass is 9.78. The number of likely N-dealkylation sites (tertiary alicyclic amines) is 1. The Morgan fingerprint density at radius 1 is 0.867 bits per heavy atom. The first-order chi connectivity index (χ1) is 14.8. The minimum absolute atomic E-state index is 0.112. The molecule has 0 radical (unpaired) electrons. The monoisotopic (exact) mass is 406 g/mol. The number of carbonyl (C=O) groups is 1. The molecular formula is C26H34N2O2. The molecule has 4 heteroatoms. The van der Waals surface area contributed by atoms with Crippen molar-refractivity contribution in [2.75, 3.05) is 31.6 Å². The van der Waals surface area contributed by atoms with Gasteiger partial charge in [-0.2, -0.15) is 0 Å². The quantitative estimate of drug-likeness (QED) is 0.670. The van der Waals surface area contributed by atoms with Crippen LogP contribution in [0.25, 0.3) is 0 Å². The second-order valence-electron chi connectivity index (χ2n) is 8.74. The summed E-state index contributed by atoms with van der Waals surface area (Å²) in [5.74, 6) is 0.975. The van der Waals surface area contributed by atoms with E-state index >= 15 is 0 Å². The van der Waals surface area contributed by atoms with Crippen molar-refractivity contribution in [2.45, 2.75) is 56.8 Å². The van der Waals surface area contributed by atoms with Crippen LogP contribution in [0.5, 0.6) is 5.75 Å². The molecule has 1 saturated carbocycles. The molecule has 2 aromatic carbocycles. The summed E-state index contributed by atoms with van der Waals surface area (Å²) in [5.41, 5.74) is 1.57. The Morgan fingerprint density at radius 2 is 1.53 bits per heavy atom. The molecule has 1 aliphatic heterocycles. The Hall–Kier alpha value is -2.33. The van der Waals surface area contributed by atoms with Gasteiger partial charge in [0.05, 0.1) is 5.41 Å². The Balaban J connectivity index is 1.32. The summed E-state index contributed by atoms with van der Waals surface area (Å²) < 4.78 is 5.94. The highest BCUT2D eigenvalue weighted by molar-refractivity contribution is 5.99. The fraction of sp³-hybridized carbons (Fsp3) is 0.500. The molecule has 1 N–H and O–H groups in total. The molecule has 4 nitrogen and oxygen atoms in total. The second-order valence-corrected chi connectivity index (χ2v) is 8.74. The zero-order valence-corrected chi connectivity index (χ0v) is 17.9. The van der Waals surface area contributed by atoms with Gasteiger partial charge in [0.15, 0.2) is 0 Å².